The van der Waals surface area contributed by atoms with E-state index in [1.54, 1.807) is 0 Å². The molecule has 4 aromatic carbocycles. The molecule has 228 valence electrons. The lowest BCUT2D eigenvalue weighted by atomic mass is 10.0. The third kappa shape index (κ3) is 8.37. The van der Waals surface area contributed by atoms with E-state index in [-0.39, 0.29) is 0 Å². The van der Waals surface area contributed by atoms with Crippen LogP contribution in [0.25, 0.3) is 24.3 Å². The average molecular weight is 596 g/mol. The average Bonchev–Trinajstić information content (AvgIpc) is 3.04. The van der Waals surface area contributed by atoms with Crippen molar-refractivity contribution < 1.29 is 14.0 Å². The van der Waals surface area contributed by atoms with Crippen molar-refractivity contribution in [3.63, 3.8) is 0 Å². The lowest BCUT2D eigenvalue weighted by Gasteiger charge is -2.13. The van der Waals surface area contributed by atoms with Crippen LogP contribution < -0.4 is 19.8 Å². The smallest absolute Gasteiger partial charge is 0.205 e. The number of aromatic nitrogens is 1. The van der Waals surface area contributed by atoms with Gasteiger partial charge in [-0.15, -0.1) is 0 Å². The zero-order valence-electron chi connectivity index (χ0n) is 26.8. The van der Waals surface area contributed by atoms with Gasteiger partial charge in [-0.2, -0.15) is 4.57 Å². The maximum Gasteiger partial charge on any atom is 0.205 e. The molecule has 0 radical (unpaired) electrons. The van der Waals surface area contributed by atoms with Crippen LogP contribution in [0.2, 0.25) is 0 Å². The van der Waals surface area contributed by atoms with Crippen molar-refractivity contribution in [1.29, 1.82) is 0 Å². The van der Waals surface area contributed by atoms with Gasteiger partial charge in [0, 0.05) is 24.3 Å². The number of nitrogens with two attached hydrogens (primary N) is 1. The molecule has 2 N–H and O–H groups in total. The number of hydrogen-bond acceptors (Lipinski definition) is 3. The van der Waals surface area contributed by atoms with Crippen LogP contribution in [0.1, 0.15) is 55.9 Å². The maximum absolute atomic E-state index is 6.20. The van der Waals surface area contributed by atoms with E-state index >= 15 is 0 Å². The monoisotopic (exact) mass is 595 g/mol. The Morgan fingerprint density at radius 2 is 0.933 bits per heavy atom. The molecular formula is C41H43N2O2+. The van der Waals surface area contributed by atoms with Crippen molar-refractivity contribution in [1.82, 2.24) is 0 Å². The van der Waals surface area contributed by atoms with Crippen LogP contribution in [0.4, 0.5) is 0 Å². The van der Waals surface area contributed by atoms with E-state index in [0.29, 0.717) is 19.8 Å². The van der Waals surface area contributed by atoms with Crippen molar-refractivity contribution in [2.24, 2.45) is 5.73 Å². The van der Waals surface area contributed by atoms with E-state index < -0.39 is 0 Å². The zero-order chi connectivity index (χ0) is 31.6. The van der Waals surface area contributed by atoms with E-state index in [1.807, 2.05) is 36.4 Å². The molecule has 0 atom stereocenters. The summed E-state index contributed by atoms with van der Waals surface area (Å²) in [6.07, 6.45) is 8.66. The Morgan fingerprint density at radius 1 is 0.533 bits per heavy atom. The molecule has 4 heteroatoms. The Balaban J connectivity index is 1.32. The highest BCUT2D eigenvalue weighted by atomic mass is 16.5. The third-order valence-corrected chi connectivity index (χ3v) is 7.82. The summed E-state index contributed by atoms with van der Waals surface area (Å²) in [7, 11) is 0. The molecular weight excluding hydrogens is 552 g/mol. The quantitative estimate of drug-likeness (QED) is 0.147. The minimum atomic E-state index is 0.549. The van der Waals surface area contributed by atoms with Gasteiger partial charge in [-0.1, -0.05) is 60.7 Å². The molecule has 0 saturated heterocycles. The molecule has 0 aliphatic rings. The lowest BCUT2D eigenvalue weighted by molar-refractivity contribution is -0.697. The van der Waals surface area contributed by atoms with Gasteiger partial charge in [0.15, 0.2) is 6.54 Å². The molecule has 0 aliphatic heterocycles. The molecule has 0 bridgehead atoms. The molecule has 1 aromatic heterocycles. The van der Waals surface area contributed by atoms with Crippen molar-refractivity contribution in [3.05, 3.63) is 159 Å². The summed E-state index contributed by atoms with van der Waals surface area (Å²) in [5, 5.41) is 0. The van der Waals surface area contributed by atoms with Crippen LogP contribution in [-0.2, 0) is 19.8 Å². The molecule has 0 unspecified atom stereocenters. The van der Waals surface area contributed by atoms with Crippen LogP contribution in [0.5, 0.6) is 11.5 Å². The Hall–Kier alpha value is -4.93. The molecule has 0 saturated carbocycles. The number of hydrogen-bond donors (Lipinski definition) is 1. The Morgan fingerprint density at radius 3 is 1.31 bits per heavy atom. The van der Waals surface area contributed by atoms with Gasteiger partial charge in [0.05, 0.1) is 6.54 Å². The molecule has 0 aliphatic carbocycles. The minimum Gasteiger partial charge on any atom is -0.488 e. The fraction of sp³-hybridized carbons (Fsp3) is 0.195. The summed E-state index contributed by atoms with van der Waals surface area (Å²) in [5.41, 5.74) is 17.4. The number of benzene rings is 4. The fourth-order valence-electron chi connectivity index (χ4n) is 5.69. The Labute approximate surface area is 268 Å². The summed E-state index contributed by atoms with van der Waals surface area (Å²) >= 11 is 0. The number of rotatable bonds is 12. The first-order chi connectivity index (χ1) is 21.9. The van der Waals surface area contributed by atoms with E-state index in [2.05, 4.69) is 123 Å². The summed E-state index contributed by atoms with van der Waals surface area (Å²) in [6, 6.07) is 35.6. The standard InChI is InChI=1S/C41H43N2O2/c1-30-24-36(25-31(2)40(30)44-28-34-12-7-5-8-13-34)18-20-38-16-11-17-39(43(38)23-22-42)21-19-37-26-32(3)41(33(4)27-37)45-29-35-14-9-6-10-15-35/h5-21,24-27H,22-23,28-29,42H2,1-4H3/q+1/b20-18+,21-19+. The van der Waals surface area contributed by atoms with E-state index in [9.17, 15) is 0 Å². The second-order valence-electron chi connectivity index (χ2n) is 11.5. The van der Waals surface area contributed by atoms with Gasteiger partial charge in [-0.25, -0.2) is 0 Å². The van der Waals surface area contributed by atoms with Crippen LogP contribution in [0, 0.1) is 27.7 Å². The second-order valence-corrected chi connectivity index (χ2v) is 11.5. The number of ether oxygens (including phenoxy) is 2. The minimum absolute atomic E-state index is 0.549. The SMILES string of the molecule is Cc1cc(/C=C/c2cccc(/C=C/c3cc(C)c(OCc4ccccc4)c(C)c3)[n+]2CCN)cc(C)c1OCc1ccccc1. The summed E-state index contributed by atoms with van der Waals surface area (Å²) < 4.78 is 14.7. The molecule has 1 heterocycles. The van der Waals surface area contributed by atoms with Gasteiger partial charge in [0.25, 0.3) is 0 Å². The molecule has 4 nitrogen and oxygen atoms in total. The fourth-order valence-corrected chi connectivity index (χ4v) is 5.69. The summed E-state index contributed by atoms with van der Waals surface area (Å²) in [6.45, 7) is 10.8. The number of pyridine rings is 1. The predicted octanol–water partition coefficient (Wildman–Crippen LogP) is 8.67. The third-order valence-electron chi connectivity index (χ3n) is 7.82. The molecule has 0 fully saturated rings. The molecule has 5 aromatic rings. The zero-order valence-corrected chi connectivity index (χ0v) is 26.8. The van der Waals surface area contributed by atoms with Gasteiger partial charge in [-0.05, 0) is 115 Å². The van der Waals surface area contributed by atoms with E-state index in [1.165, 1.54) is 0 Å². The molecule has 0 amide bonds. The number of nitrogens with zero attached hydrogens (tertiary/aromatic N) is 1. The highest BCUT2D eigenvalue weighted by Crippen LogP contribution is 2.28. The Kier molecular flexibility index (Phi) is 10.6. The first kappa shape index (κ1) is 31.5. The Bertz CT molecular complexity index is 1620. The van der Waals surface area contributed by atoms with Crippen molar-refractivity contribution >= 4 is 24.3 Å². The topological polar surface area (TPSA) is 48.4 Å². The van der Waals surface area contributed by atoms with Gasteiger partial charge in [0.2, 0.25) is 11.4 Å². The van der Waals surface area contributed by atoms with Crippen molar-refractivity contribution in [2.45, 2.75) is 47.5 Å². The predicted molar refractivity (Wildman–Crippen MR) is 187 cm³/mol. The van der Waals surface area contributed by atoms with Crippen LogP contribution in [0.15, 0.2) is 103 Å². The summed E-state index contributed by atoms with van der Waals surface area (Å²) in [5.74, 6) is 1.89. The van der Waals surface area contributed by atoms with Gasteiger partial charge in [-0.3, -0.25) is 0 Å². The molecule has 0 spiro atoms. The van der Waals surface area contributed by atoms with Crippen LogP contribution >= 0.6 is 0 Å². The van der Waals surface area contributed by atoms with Gasteiger partial charge in [0.1, 0.15) is 24.7 Å². The van der Waals surface area contributed by atoms with E-state index in [0.717, 1.165) is 73.9 Å². The van der Waals surface area contributed by atoms with Gasteiger partial charge >= 0.3 is 0 Å². The highest BCUT2D eigenvalue weighted by Gasteiger charge is 2.13. The maximum atomic E-state index is 6.20. The van der Waals surface area contributed by atoms with Crippen LogP contribution in [0.3, 0.4) is 0 Å². The normalized spacial score (nSPS) is 11.4. The summed E-state index contributed by atoms with van der Waals surface area (Å²) in [4.78, 5) is 0. The first-order valence-corrected chi connectivity index (χ1v) is 15.6. The largest absolute Gasteiger partial charge is 0.488 e. The van der Waals surface area contributed by atoms with Crippen molar-refractivity contribution in [3.8, 4) is 11.5 Å². The van der Waals surface area contributed by atoms with E-state index in [4.69, 9.17) is 15.2 Å². The lowest BCUT2D eigenvalue weighted by Crippen LogP contribution is -2.43. The van der Waals surface area contributed by atoms with Crippen LogP contribution in [-0.4, -0.2) is 6.54 Å². The highest BCUT2D eigenvalue weighted by molar-refractivity contribution is 5.71. The van der Waals surface area contributed by atoms with Gasteiger partial charge < -0.3 is 15.2 Å². The second kappa shape index (κ2) is 15.2. The molecule has 45 heavy (non-hydrogen) atoms. The van der Waals surface area contributed by atoms with Crippen molar-refractivity contribution in [2.75, 3.05) is 6.54 Å². The molecule has 5 rings (SSSR count). The number of aryl methyl sites for hydroxylation is 4. The first-order valence-electron chi connectivity index (χ1n) is 15.6.